The lowest BCUT2D eigenvalue weighted by molar-refractivity contribution is -0.139. The van der Waals surface area contributed by atoms with Gasteiger partial charge in [0.05, 0.1) is 0 Å². The molecule has 1 aromatic carbocycles. The number of rotatable bonds is 4. The number of likely N-dealkylation sites (tertiary alicyclic amines) is 1. The second-order valence-electron chi connectivity index (χ2n) is 5.73. The van der Waals surface area contributed by atoms with Crippen LogP contribution in [0, 0.1) is 0 Å². The summed E-state index contributed by atoms with van der Waals surface area (Å²) in [5.74, 6) is -0.0956. The molecule has 0 spiro atoms. The molecule has 1 saturated heterocycles. The number of carbonyl (C=O) groups excluding carboxylic acids is 1. The third-order valence-corrected chi connectivity index (χ3v) is 5.01. The summed E-state index contributed by atoms with van der Waals surface area (Å²) in [6, 6.07) is 6.24. The van der Waals surface area contributed by atoms with E-state index < -0.39 is 7.60 Å². The number of nitrogens with zero attached hydrogens (tertiary/aromatic N) is 1. The van der Waals surface area contributed by atoms with Crippen LogP contribution in [0.5, 0.6) is 5.75 Å². The molecule has 7 heteroatoms. The van der Waals surface area contributed by atoms with Crippen LogP contribution in [0.1, 0.15) is 33.1 Å². The second kappa shape index (κ2) is 6.82. The van der Waals surface area contributed by atoms with Crippen molar-refractivity contribution in [3.8, 4) is 5.75 Å². The molecular formula is C15H22NO5P. The predicted molar refractivity (Wildman–Crippen MR) is 83.2 cm³/mol. The zero-order valence-electron chi connectivity index (χ0n) is 12.8. The van der Waals surface area contributed by atoms with Gasteiger partial charge in [-0.15, -0.1) is 0 Å². The molecule has 0 bridgehead atoms. The maximum Gasteiger partial charge on any atom is 0.359 e. The van der Waals surface area contributed by atoms with E-state index in [4.69, 9.17) is 4.74 Å². The van der Waals surface area contributed by atoms with Gasteiger partial charge in [0.25, 0.3) is 5.91 Å². The zero-order chi connectivity index (χ0) is 16.3. The third kappa shape index (κ3) is 3.88. The molecule has 0 saturated carbocycles. The van der Waals surface area contributed by atoms with Crippen LogP contribution in [0.25, 0.3) is 0 Å². The molecule has 0 aliphatic carbocycles. The fourth-order valence-corrected chi connectivity index (χ4v) is 3.65. The van der Waals surface area contributed by atoms with Crippen LogP contribution in [0.2, 0.25) is 0 Å². The highest BCUT2D eigenvalue weighted by Crippen LogP contribution is 2.37. The van der Waals surface area contributed by atoms with Crippen molar-refractivity contribution in [3.63, 3.8) is 0 Å². The average Bonchev–Trinajstić information content (AvgIpc) is 2.44. The zero-order valence-corrected chi connectivity index (χ0v) is 13.7. The highest BCUT2D eigenvalue weighted by molar-refractivity contribution is 7.60. The average molecular weight is 327 g/mol. The largest absolute Gasteiger partial charge is 0.483 e. The smallest absolute Gasteiger partial charge is 0.359 e. The number of amides is 1. The van der Waals surface area contributed by atoms with Gasteiger partial charge in [0.15, 0.2) is 6.61 Å². The van der Waals surface area contributed by atoms with Crippen LogP contribution in [0.15, 0.2) is 24.3 Å². The van der Waals surface area contributed by atoms with Crippen LogP contribution in [0.4, 0.5) is 0 Å². The monoisotopic (exact) mass is 327 g/mol. The Balaban J connectivity index is 2.07. The standard InChI is InChI=1S/C15H22NO5P/c1-11-6-5-7-12(2)16(11)15(17)10-21-13-8-3-4-9-14(13)22(18,19)20/h3-4,8-9,11-12H,5-7,10H2,1-2H3,(H2,18,19,20)/t11-,12-/m0/s1. The van der Waals surface area contributed by atoms with Crippen molar-refractivity contribution < 1.29 is 23.9 Å². The number of piperidine rings is 1. The molecule has 1 amide bonds. The highest BCUT2D eigenvalue weighted by Gasteiger charge is 2.29. The summed E-state index contributed by atoms with van der Waals surface area (Å²) in [6.45, 7) is 3.81. The van der Waals surface area contributed by atoms with E-state index in [1.165, 1.54) is 18.2 Å². The summed E-state index contributed by atoms with van der Waals surface area (Å²) in [7, 11) is -4.42. The second-order valence-corrected chi connectivity index (χ2v) is 7.30. The lowest BCUT2D eigenvalue weighted by atomic mass is 9.97. The molecule has 1 aromatic rings. The Labute approximate surface area is 130 Å². The Hall–Kier alpha value is -1.36. The van der Waals surface area contributed by atoms with Crippen LogP contribution >= 0.6 is 7.60 Å². The molecule has 6 nitrogen and oxygen atoms in total. The van der Waals surface area contributed by atoms with E-state index in [0.717, 1.165) is 19.3 Å². The summed E-state index contributed by atoms with van der Waals surface area (Å²) in [6.07, 6.45) is 3.04. The summed E-state index contributed by atoms with van der Waals surface area (Å²) in [5.41, 5.74) is 0. The number of para-hydroxylation sites is 1. The van der Waals surface area contributed by atoms with Gasteiger partial charge in [-0.25, -0.2) is 0 Å². The molecule has 1 fully saturated rings. The minimum Gasteiger partial charge on any atom is -0.483 e. The van der Waals surface area contributed by atoms with E-state index in [2.05, 4.69) is 0 Å². The minimum absolute atomic E-state index is 0.0569. The summed E-state index contributed by atoms with van der Waals surface area (Å²) >= 11 is 0. The lowest BCUT2D eigenvalue weighted by Crippen LogP contribution is -2.49. The van der Waals surface area contributed by atoms with E-state index in [9.17, 15) is 19.1 Å². The van der Waals surface area contributed by atoms with Gasteiger partial charge in [-0.3, -0.25) is 9.36 Å². The first kappa shape index (κ1) is 17.0. The van der Waals surface area contributed by atoms with E-state index in [0.29, 0.717) is 0 Å². The quantitative estimate of drug-likeness (QED) is 0.821. The van der Waals surface area contributed by atoms with E-state index >= 15 is 0 Å². The van der Waals surface area contributed by atoms with Gasteiger partial charge < -0.3 is 19.4 Å². The van der Waals surface area contributed by atoms with Crippen LogP contribution < -0.4 is 10.0 Å². The lowest BCUT2D eigenvalue weighted by Gasteiger charge is -2.39. The Bertz CT molecular complexity index is 575. The predicted octanol–water partition coefficient (Wildman–Crippen LogP) is 1.66. The van der Waals surface area contributed by atoms with Crippen molar-refractivity contribution in [1.29, 1.82) is 0 Å². The first-order valence-corrected chi connectivity index (χ1v) is 9.01. The van der Waals surface area contributed by atoms with Crippen molar-refractivity contribution in [1.82, 2.24) is 4.90 Å². The van der Waals surface area contributed by atoms with Crippen molar-refractivity contribution in [2.75, 3.05) is 6.61 Å². The van der Waals surface area contributed by atoms with Crippen LogP contribution in [-0.4, -0.2) is 39.3 Å². The number of hydrogen-bond donors (Lipinski definition) is 2. The Morgan fingerprint density at radius 1 is 1.27 bits per heavy atom. The Morgan fingerprint density at radius 2 is 1.86 bits per heavy atom. The molecule has 0 unspecified atom stereocenters. The van der Waals surface area contributed by atoms with Gasteiger partial charge in [-0.05, 0) is 45.2 Å². The molecular weight excluding hydrogens is 305 g/mol. The van der Waals surface area contributed by atoms with E-state index in [1.807, 2.05) is 18.7 Å². The maximum absolute atomic E-state index is 12.4. The number of benzene rings is 1. The number of hydrogen-bond acceptors (Lipinski definition) is 3. The summed E-state index contributed by atoms with van der Waals surface area (Å²) < 4.78 is 16.8. The van der Waals surface area contributed by atoms with Gasteiger partial charge in [-0.1, -0.05) is 12.1 Å². The highest BCUT2D eigenvalue weighted by atomic mass is 31.2. The van der Waals surface area contributed by atoms with Gasteiger partial charge in [0.2, 0.25) is 0 Å². The van der Waals surface area contributed by atoms with Crippen molar-refractivity contribution in [3.05, 3.63) is 24.3 Å². The number of ether oxygens (including phenoxy) is 1. The van der Waals surface area contributed by atoms with Crippen molar-refractivity contribution in [2.45, 2.75) is 45.2 Å². The molecule has 2 N–H and O–H groups in total. The summed E-state index contributed by atoms with van der Waals surface area (Å²) in [4.78, 5) is 32.8. The van der Waals surface area contributed by atoms with E-state index in [-0.39, 0.29) is 35.7 Å². The maximum atomic E-state index is 12.4. The molecule has 1 aliphatic heterocycles. The molecule has 0 radical (unpaired) electrons. The first-order valence-electron chi connectivity index (χ1n) is 7.40. The molecule has 2 atom stereocenters. The van der Waals surface area contributed by atoms with Gasteiger partial charge in [0, 0.05) is 12.1 Å². The van der Waals surface area contributed by atoms with E-state index in [1.54, 1.807) is 6.07 Å². The molecule has 0 aromatic heterocycles. The fraction of sp³-hybridized carbons (Fsp3) is 0.533. The number of carbonyl (C=O) groups is 1. The Morgan fingerprint density at radius 3 is 2.45 bits per heavy atom. The molecule has 22 heavy (non-hydrogen) atoms. The molecule has 122 valence electrons. The molecule has 1 heterocycles. The SMILES string of the molecule is C[C@H]1CCC[C@H](C)N1C(=O)COc1ccccc1P(=O)(O)O. The third-order valence-electron chi connectivity index (χ3n) is 4.01. The van der Waals surface area contributed by atoms with Crippen LogP contribution in [-0.2, 0) is 9.36 Å². The topological polar surface area (TPSA) is 87.1 Å². The fourth-order valence-electron chi connectivity index (χ4n) is 2.95. The van der Waals surface area contributed by atoms with Crippen molar-refractivity contribution >= 4 is 18.8 Å². The van der Waals surface area contributed by atoms with Gasteiger partial charge in [0.1, 0.15) is 11.1 Å². The molecule has 2 rings (SSSR count). The van der Waals surface area contributed by atoms with Gasteiger partial charge in [-0.2, -0.15) is 0 Å². The summed E-state index contributed by atoms with van der Waals surface area (Å²) in [5, 5.41) is -0.192. The van der Waals surface area contributed by atoms with Crippen LogP contribution in [0.3, 0.4) is 0 Å². The Kier molecular flexibility index (Phi) is 5.27. The minimum atomic E-state index is -4.42. The first-order chi connectivity index (χ1) is 10.3. The van der Waals surface area contributed by atoms with Gasteiger partial charge >= 0.3 is 7.60 Å². The van der Waals surface area contributed by atoms with Crippen molar-refractivity contribution in [2.24, 2.45) is 0 Å². The molecule has 1 aliphatic rings. The normalized spacial score (nSPS) is 22.5.